The van der Waals surface area contributed by atoms with Gasteiger partial charge in [-0.1, -0.05) is 0 Å². The quantitative estimate of drug-likeness (QED) is 0.823. The molecular formula is C12H17N3O2. The van der Waals surface area contributed by atoms with Crippen molar-refractivity contribution in [3.63, 3.8) is 0 Å². The highest BCUT2D eigenvalue weighted by Gasteiger charge is 2.24. The summed E-state index contributed by atoms with van der Waals surface area (Å²) in [6.07, 6.45) is 2.52. The number of rotatable bonds is 3. The molecule has 1 atom stereocenters. The molecule has 2 heterocycles. The fourth-order valence-electron chi connectivity index (χ4n) is 1.92. The van der Waals surface area contributed by atoms with Crippen LogP contribution in [-0.4, -0.2) is 42.1 Å². The maximum atomic E-state index is 12.2. The lowest BCUT2D eigenvalue weighted by Gasteiger charge is -2.23. The molecule has 92 valence electrons. The lowest BCUT2D eigenvalue weighted by atomic mass is 10.1. The van der Waals surface area contributed by atoms with Crippen LogP contribution in [0.25, 0.3) is 0 Å². The molecular weight excluding hydrogens is 218 g/mol. The summed E-state index contributed by atoms with van der Waals surface area (Å²) < 4.78 is 5.28. The highest BCUT2D eigenvalue weighted by molar-refractivity contribution is 5.94. The minimum absolute atomic E-state index is 0.00222. The van der Waals surface area contributed by atoms with Crippen molar-refractivity contribution in [3.8, 4) is 0 Å². The molecule has 5 heteroatoms. The number of likely N-dealkylation sites (N-methyl/N-ethyl adjacent to an activating group) is 1. The monoisotopic (exact) mass is 235 g/mol. The first kappa shape index (κ1) is 12.0. The number of aromatic nitrogens is 1. The fourth-order valence-corrected chi connectivity index (χ4v) is 1.92. The first-order valence-electron chi connectivity index (χ1n) is 5.72. The highest BCUT2D eigenvalue weighted by atomic mass is 16.5. The van der Waals surface area contributed by atoms with Crippen molar-refractivity contribution in [1.29, 1.82) is 0 Å². The van der Waals surface area contributed by atoms with E-state index >= 15 is 0 Å². The summed E-state index contributed by atoms with van der Waals surface area (Å²) in [5.74, 6) is -0.00222. The molecule has 0 radical (unpaired) electrons. The van der Waals surface area contributed by atoms with Crippen LogP contribution in [0.15, 0.2) is 18.3 Å². The number of carbonyl (C=O) groups excluding carboxylic acids is 1. The van der Waals surface area contributed by atoms with Crippen molar-refractivity contribution in [2.75, 3.05) is 20.3 Å². The molecule has 1 fully saturated rings. The summed E-state index contributed by atoms with van der Waals surface area (Å²) in [5, 5.41) is 0. The van der Waals surface area contributed by atoms with E-state index in [1.54, 1.807) is 23.2 Å². The average molecular weight is 235 g/mol. The Labute approximate surface area is 101 Å². The van der Waals surface area contributed by atoms with Gasteiger partial charge in [0.25, 0.3) is 5.91 Å². The molecule has 1 saturated heterocycles. The standard InChI is InChI=1S/C12H17N3O2/c1-15(11-3-5-17-8-11)12(16)9-2-4-14-10(6-9)7-13/h2,4,6,11H,3,5,7-8,13H2,1H3. The van der Waals surface area contributed by atoms with Crippen LogP contribution in [0.3, 0.4) is 0 Å². The highest BCUT2D eigenvalue weighted by Crippen LogP contribution is 2.14. The SMILES string of the molecule is CN(C(=O)c1ccnc(CN)c1)C1CCOC1. The topological polar surface area (TPSA) is 68.5 Å². The van der Waals surface area contributed by atoms with Crippen LogP contribution in [0.4, 0.5) is 0 Å². The van der Waals surface area contributed by atoms with Crippen molar-refractivity contribution < 1.29 is 9.53 Å². The minimum Gasteiger partial charge on any atom is -0.379 e. The maximum absolute atomic E-state index is 12.2. The van der Waals surface area contributed by atoms with Gasteiger partial charge in [0, 0.05) is 32.0 Å². The second-order valence-corrected chi connectivity index (χ2v) is 4.17. The zero-order valence-electron chi connectivity index (χ0n) is 9.93. The molecule has 1 aromatic rings. The molecule has 1 aromatic heterocycles. The third kappa shape index (κ3) is 2.62. The van der Waals surface area contributed by atoms with Crippen LogP contribution in [-0.2, 0) is 11.3 Å². The Balaban J connectivity index is 2.12. The van der Waals surface area contributed by atoms with Gasteiger partial charge in [-0.25, -0.2) is 0 Å². The average Bonchev–Trinajstić information content (AvgIpc) is 2.91. The largest absolute Gasteiger partial charge is 0.379 e. The van der Waals surface area contributed by atoms with Gasteiger partial charge in [0.15, 0.2) is 0 Å². The zero-order chi connectivity index (χ0) is 12.3. The molecule has 1 amide bonds. The van der Waals surface area contributed by atoms with E-state index in [0.29, 0.717) is 18.7 Å². The molecule has 2 rings (SSSR count). The molecule has 2 N–H and O–H groups in total. The predicted molar refractivity (Wildman–Crippen MR) is 63.4 cm³/mol. The van der Waals surface area contributed by atoms with Gasteiger partial charge in [-0.3, -0.25) is 9.78 Å². The molecule has 1 unspecified atom stereocenters. The number of amides is 1. The number of ether oxygens (including phenoxy) is 1. The van der Waals surface area contributed by atoms with Gasteiger partial charge in [0.1, 0.15) is 0 Å². The Bertz CT molecular complexity index is 402. The summed E-state index contributed by atoms with van der Waals surface area (Å²) in [5.41, 5.74) is 6.87. The van der Waals surface area contributed by atoms with E-state index in [9.17, 15) is 4.79 Å². The Morgan fingerprint density at radius 2 is 2.53 bits per heavy atom. The fraction of sp³-hybridized carbons (Fsp3) is 0.500. The first-order chi connectivity index (χ1) is 8.22. The summed E-state index contributed by atoms with van der Waals surface area (Å²) in [6, 6.07) is 3.64. The first-order valence-corrected chi connectivity index (χ1v) is 5.72. The van der Waals surface area contributed by atoms with Gasteiger partial charge in [0.2, 0.25) is 0 Å². The van der Waals surface area contributed by atoms with Gasteiger partial charge < -0.3 is 15.4 Å². The number of nitrogens with zero attached hydrogens (tertiary/aromatic N) is 2. The third-order valence-electron chi connectivity index (χ3n) is 3.05. The maximum Gasteiger partial charge on any atom is 0.254 e. The van der Waals surface area contributed by atoms with E-state index < -0.39 is 0 Å². The van der Waals surface area contributed by atoms with Gasteiger partial charge in [-0.15, -0.1) is 0 Å². The summed E-state index contributed by atoms with van der Waals surface area (Å²) in [7, 11) is 1.81. The Morgan fingerprint density at radius 1 is 1.71 bits per heavy atom. The molecule has 1 aliphatic rings. The van der Waals surface area contributed by atoms with Crippen LogP contribution < -0.4 is 5.73 Å². The van der Waals surface area contributed by atoms with Crippen LogP contribution in [0.5, 0.6) is 0 Å². The molecule has 0 aromatic carbocycles. The van der Waals surface area contributed by atoms with E-state index in [0.717, 1.165) is 18.7 Å². The number of hydrogen-bond donors (Lipinski definition) is 1. The Kier molecular flexibility index (Phi) is 3.71. The van der Waals surface area contributed by atoms with Crippen molar-refractivity contribution in [1.82, 2.24) is 9.88 Å². The van der Waals surface area contributed by atoms with Gasteiger partial charge in [0.05, 0.1) is 18.3 Å². The van der Waals surface area contributed by atoms with Crippen molar-refractivity contribution in [2.45, 2.75) is 19.0 Å². The molecule has 0 aliphatic carbocycles. The third-order valence-corrected chi connectivity index (χ3v) is 3.05. The molecule has 17 heavy (non-hydrogen) atoms. The van der Waals surface area contributed by atoms with Gasteiger partial charge >= 0.3 is 0 Å². The van der Waals surface area contributed by atoms with Crippen LogP contribution in [0, 0.1) is 0 Å². The lowest BCUT2D eigenvalue weighted by Crippen LogP contribution is -2.37. The number of hydrogen-bond acceptors (Lipinski definition) is 4. The minimum atomic E-state index is -0.00222. The second kappa shape index (κ2) is 5.25. The number of pyridine rings is 1. The van der Waals surface area contributed by atoms with Crippen LogP contribution >= 0.6 is 0 Å². The normalized spacial score (nSPS) is 19.3. The molecule has 0 bridgehead atoms. The van der Waals surface area contributed by atoms with E-state index in [2.05, 4.69) is 4.98 Å². The van der Waals surface area contributed by atoms with Crippen molar-refractivity contribution in [2.24, 2.45) is 5.73 Å². The van der Waals surface area contributed by atoms with Crippen molar-refractivity contribution in [3.05, 3.63) is 29.6 Å². The molecule has 0 saturated carbocycles. The van der Waals surface area contributed by atoms with E-state index in [4.69, 9.17) is 10.5 Å². The Morgan fingerprint density at radius 3 is 3.18 bits per heavy atom. The number of nitrogens with two attached hydrogens (primary N) is 1. The Hall–Kier alpha value is -1.46. The summed E-state index contributed by atoms with van der Waals surface area (Å²) in [4.78, 5) is 18.0. The predicted octanol–water partition coefficient (Wildman–Crippen LogP) is 0.401. The lowest BCUT2D eigenvalue weighted by molar-refractivity contribution is 0.0711. The van der Waals surface area contributed by atoms with Crippen LogP contribution in [0.2, 0.25) is 0 Å². The van der Waals surface area contributed by atoms with E-state index in [1.807, 2.05) is 7.05 Å². The van der Waals surface area contributed by atoms with Gasteiger partial charge in [-0.05, 0) is 18.6 Å². The second-order valence-electron chi connectivity index (χ2n) is 4.17. The smallest absolute Gasteiger partial charge is 0.254 e. The molecule has 5 nitrogen and oxygen atoms in total. The molecule has 0 spiro atoms. The van der Waals surface area contributed by atoms with E-state index in [-0.39, 0.29) is 11.9 Å². The summed E-state index contributed by atoms with van der Waals surface area (Å²) >= 11 is 0. The van der Waals surface area contributed by atoms with Crippen LogP contribution in [0.1, 0.15) is 22.5 Å². The molecule has 1 aliphatic heterocycles. The number of carbonyl (C=O) groups is 1. The summed E-state index contributed by atoms with van der Waals surface area (Å²) in [6.45, 7) is 1.70. The zero-order valence-corrected chi connectivity index (χ0v) is 9.93. The van der Waals surface area contributed by atoms with E-state index in [1.165, 1.54) is 0 Å². The van der Waals surface area contributed by atoms with Gasteiger partial charge in [-0.2, -0.15) is 0 Å². The van der Waals surface area contributed by atoms with Crippen molar-refractivity contribution >= 4 is 5.91 Å².